The zero-order chi connectivity index (χ0) is 15.5. The maximum absolute atomic E-state index is 11.9. The number of hydrogen-bond acceptors (Lipinski definition) is 3. The van der Waals surface area contributed by atoms with Crippen LogP contribution in [-0.2, 0) is 16.6 Å². The van der Waals surface area contributed by atoms with E-state index >= 15 is 0 Å². The highest BCUT2D eigenvalue weighted by molar-refractivity contribution is 7.13. The van der Waals surface area contributed by atoms with Gasteiger partial charge in [0.1, 0.15) is 0 Å². The predicted octanol–water partition coefficient (Wildman–Crippen LogP) is 4.67. The van der Waals surface area contributed by atoms with Gasteiger partial charge in [0, 0.05) is 22.2 Å². The highest BCUT2D eigenvalue weighted by Gasteiger charge is 2.18. The topological polar surface area (TPSA) is 42.0 Å². The quantitative estimate of drug-likeness (QED) is 0.889. The molecule has 0 aliphatic heterocycles. The van der Waals surface area contributed by atoms with Crippen molar-refractivity contribution >= 4 is 34.0 Å². The summed E-state index contributed by atoms with van der Waals surface area (Å²) in [5, 5.41) is 6.23. The number of halogens is 1. The Balaban J connectivity index is 1.87. The first-order chi connectivity index (χ1) is 9.84. The molecule has 0 radical (unpaired) electrons. The lowest BCUT2D eigenvalue weighted by Gasteiger charge is -2.14. The van der Waals surface area contributed by atoms with E-state index in [2.05, 4.69) is 31.1 Å². The smallest absolute Gasteiger partial charge is 0.226 e. The summed E-state index contributed by atoms with van der Waals surface area (Å²) in [4.78, 5) is 16.4. The maximum atomic E-state index is 11.9. The van der Waals surface area contributed by atoms with Crippen LogP contribution in [0.5, 0.6) is 0 Å². The van der Waals surface area contributed by atoms with E-state index in [0.717, 1.165) is 11.3 Å². The van der Waals surface area contributed by atoms with Crippen LogP contribution >= 0.6 is 22.9 Å². The maximum Gasteiger partial charge on any atom is 0.226 e. The zero-order valence-electron chi connectivity index (χ0n) is 12.4. The fourth-order valence-corrected chi connectivity index (χ4v) is 2.85. The van der Waals surface area contributed by atoms with E-state index in [1.807, 2.05) is 29.6 Å². The van der Waals surface area contributed by atoms with Gasteiger partial charge in [-0.3, -0.25) is 4.79 Å². The summed E-state index contributed by atoms with van der Waals surface area (Å²) in [6, 6.07) is 7.56. The van der Waals surface area contributed by atoms with Gasteiger partial charge in [0.2, 0.25) is 5.91 Å². The average Bonchev–Trinajstić information content (AvgIpc) is 2.86. The first kappa shape index (κ1) is 16.0. The number of benzene rings is 1. The van der Waals surface area contributed by atoms with Crippen molar-refractivity contribution in [3.8, 4) is 0 Å². The number of aromatic nitrogens is 1. The molecule has 5 heteroatoms. The molecule has 0 aliphatic carbocycles. The van der Waals surface area contributed by atoms with Crippen molar-refractivity contribution in [2.75, 3.05) is 5.32 Å². The Morgan fingerprint density at radius 1 is 1.29 bits per heavy atom. The van der Waals surface area contributed by atoms with Gasteiger partial charge in [0.05, 0.1) is 5.69 Å². The van der Waals surface area contributed by atoms with Gasteiger partial charge in [0.15, 0.2) is 5.13 Å². The highest BCUT2D eigenvalue weighted by atomic mass is 35.5. The molecule has 2 rings (SSSR count). The van der Waals surface area contributed by atoms with Crippen molar-refractivity contribution in [2.45, 2.75) is 39.0 Å². The van der Waals surface area contributed by atoms with Crippen molar-refractivity contribution in [3.63, 3.8) is 0 Å². The van der Waals surface area contributed by atoms with E-state index in [9.17, 15) is 4.79 Å². The lowest BCUT2D eigenvalue weighted by molar-refractivity contribution is -0.116. The second kappa shape index (κ2) is 6.58. The number of rotatable bonds is 4. The van der Waals surface area contributed by atoms with Gasteiger partial charge >= 0.3 is 0 Å². The van der Waals surface area contributed by atoms with Crippen molar-refractivity contribution in [2.24, 2.45) is 0 Å². The van der Waals surface area contributed by atoms with Crippen LogP contribution in [0.15, 0.2) is 29.6 Å². The van der Waals surface area contributed by atoms with Crippen LogP contribution in [0.3, 0.4) is 0 Å². The number of anilines is 1. The van der Waals surface area contributed by atoms with E-state index in [-0.39, 0.29) is 11.3 Å². The third kappa shape index (κ3) is 4.83. The molecule has 21 heavy (non-hydrogen) atoms. The molecule has 1 amide bonds. The standard InChI is InChI=1S/C16H19ClN2OS/c1-16(2,3)13-10-21-15(18-13)19-14(20)9-6-11-4-7-12(17)8-5-11/h4-5,7-8,10H,6,9H2,1-3H3,(H,18,19,20). The molecule has 2 aromatic rings. The molecule has 0 unspecified atom stereocenters. The lowest BCUT2D eigenvalue weighted by atomic mass is 9.93. The first-order valence-corrected chi connectivity index (χ1v) is 8.10. The molecule has 0 saturated heterocycles. The van der Waals surface area contributed by atoms with Crippen LogP contribution in [0, 0.1) is 0 Å². The molecule has 0 spiro atoms. The SMILES string of the molecule is CC(C)(C)c1csc(NC(=O)CCc2ccc(Cl)cc2)n1. The molecule has 1 aromatic carbocycles. The summed E-state index contributed by atoms with van der Waals surface area (Å²) in [6.07, 6.45) is 1.13. The molecule has 1 heterocycles. The minimum atomic E-state index is -0.0141. The Bertz CT molecular complexity index is 614. The van der Waals surface area contributed by atoms with Gasteiger partial charge in [-0.15, -0.1) is 11.3 Å². The summed E-state index contributed by atoms with van der Waals surface area (Å²) in [7, 11) is 0. The van der Waals surface area contributed by atoms with Gasteiger partial charge in [-0.05, 0) is 24.1 Å². The van der Waals surface area contributed by atoms with Gasteiger partial charge in [-0.1, -0.05) is 44.5 Å². The fourth-order valence-electron chi connectivity index (χ4n) is 1.77. The summed E-state index contributed by atoms with van der Waals surface area (Å²) >= 11 is 7.30. The van der Waals surface area contributed by atoms with E-state index in [0.29, 0.717) is 23.0 Å². The molecule has 0 saturated carbocycles. The van der Waals surface area contributed by atoms with Crippen LogP contribution in [-0.4, -0.2) is 10.9 Å². The van der Waals surface area contributed by atoms with Crippen molar-refractivity contribution in [1.82, 2.24) is 4.98 Å². The lowest BCUT2D eigenvalue weighted by Crippen LogP contribution is -2.14. The molecule has 1 N–H and O–H groups in total. The second-order valence-corrected chi connectivity index (χ2v) is 7.26. The number of hydrogen-bond donors (Lipinski definition) is 1. The minimum absolute atomic E-state index is 0.00276. The number of carbonyl (C=O) groups is 1. The molecule has 3 nitrogen and oxygen atoms in total. The van der Waals surface area contributed by atoms with Crippen LogP contribution in [0.25, 0.3) is 0 Å². The van der Waals surface area contributed by atoms with Gasteiger partial charge in [0.25, 0.3) is 0 Å². The Morgan fingerprint density at radius 2 is 1.95 bits per heavy atom. The number of thiazole rings is 1. The van der Waals surface area contributed by atoms with E-state index in [1.165, 1.54) is 11.3 Å². The Kier molecular flexibility index (Phi) is 5.01. The van der Waals surface area contributed by atoms with Crippen molar-refractivity contribution in [1.29, 1.82) is 0 Å². The fraction of sp³-hybridized carbons (Fsp3) is 0.375. The molecule has 112 valence electrons. The van der Waals surface area contributed by atoms with Crippen LogP contribution < -0.4 is 5.32 Å². The highest BCUT2D eigenvalue weighted by Crippen LogP contribution is 2.26. The van der Waals surface area contributed by atoms with Gasteiger partial charge in [-0.25, -0.2) is 4.98 Å². The average molecular weight is 323 g/mol. The zero-order valence-corrected chi connectivity index (χ0v) is 14.0. The molecule has 0 bridgehead atoms. The number of nitrogens with zero attached hydrogens (tertiary/aromatic N) is 1. The van der Waals surface area contributed by atoms with Crippen LogP contribution in [0.2, 0.25) is 5.02 Å². The van der Waals surface area contributed by atoms with E-state index < -0.39 is 0 Å². The Hall–Kier alpha value is -1.39. The molecule has 0 fully saturated rings. The summed E-state index contributed by atoms with van der Waals surface area (Å²) in [6.45, 7) is 6.32. The molecular formula is C16H19ClN2OS. The monoisotopic (exact) mass is 322 g/mol. The molecule has 1 aromatic heterocycles. The van der Waals surface area contributed by atoms with E-state index in [1.54, 1.807) is 0 Å². The molecular weight excluding hydrogens is 304 g/mol. The van der Waals surface area contributed by atoms with E-state index in [4.69, 9.17) is 11.6 Å². The predicted molar refractivity (Wildman–Crippen MR) is 89.2 cm³/mol. The third-order valence-corrected chi connectivity index (χ3v) is 4.08. The molecule has 0 aliphatic rings. The number of aryl methyl sites for hydroxylation is 1. The van der Waals surface area contributed by atoms with Crippen molar-refractivity contribution in [3.05, 3.63) is 45.9 Å². The summed E-state index contributed by atoms with van der Waals surface area (Å²) < 4.78 is 0. The van der Waals surface area contributed by atoms with Crippen LogP contribution in [0.4, 0.5) is 5.13 Å². The summed E-state index contributed by atoms with van der Waals surface area (Å²) in [5.74, 6) is -0.0141. The minimum Gasteiger partial charge on any atom is -0.302 e. The van der Waals surface area contributed by atoms with Crippen LogP contribution in [0.1, 0.15) is 38.4 Å². The number of carbonyl (C=O) groups excluding carboxylic acids is 1. The Labute approximate surface area is 134 Å². The van der Waals surface area contributed by atoms with Crippen molar-refractivity contribution < 1.29 is 4.79 Å². The third-order valence-electron chi connectivity index (χ3n) is 3.07. The number of amides is 1. The summed E-state index contributed by atoms with van der Waals surface area (Å²) in [5.41, 5.74) is 2.10. The Morgan fingerprint density at radius 3 is 2.52 bits per heavy atom. The van der Waals surface area contributed by atoms with Gasteiger partial charge in [-0.2, -0.15) is 0 Å². The largest absolute Gasteiger partial charge is 0.302 e. The first-order valence-electron chi connectivity index (χ1n) is 6.85. The molecule has 0 atom stereocenters. The second-order valence-electron chi connectivity index (χ2n) is 5.96. The van der Waals surface area contributed by atoms with Gasteiger partial charge < -0.3 is 5.32 Å². The number of nitrogens with one attached hydrogen (secondary N) is 1. The normalized spacial score (nSPS) is 11.4.